The monoisotopic (exact) mass is 370 g/mol. The number of piperazine rings is 1. The zero-order chi connectivity index (χ0) is 19.2. The standard InChI is InChI=1S/C19H22N4O4/c1-26-16-5-4-15(11-17(16)27-2)21-18-6-3-14(12-20-18)19(25)23-9-7-22(13-24)8-10-23/h3-6,11-13H,7-10H2,1-2H3,(H,20,21). The number of hydrogen-bond acceptors (Lipinski definition) is 6. The number of benzene rings is 1. The summed E-state index contributed by atoms with van der Waals surface area (Å²) in [6.07, 6.45) is 2.37. The fourth-order valence-electron chi connectivity index (χ4n) is 2.87. The molecule has 0 radical (unpaired) electrons. The summed E-state index contributed by atoms with van der Waals surface area (Å²) in [7, 11) is 3.16. The molecule has 2 amide bonds. The number of anilines is 2. The Labute approximate surface area is 157 Å². The van der Waals surface area contributed by atoms with Gasteiger partial charge in [-0.05, 0) is 24.3 Å². The molecule has 3 rings (SSSR count). The SMILES string of the molecule is COc1ccc(Nc2ccc(C(=O)N3CCN(C=O)CC3)cn2)cc1OC. The van der Waals surface area contributed by atoms with Crippen molar-refractivity contribution >= 4 is 23.8 Å². The van der Waals surface area contributed by atoms with Gasteiger partial charge < -0.3 is 24.6 Å². The van der Waals surface area contributed by atoms with Crippen molar-refractivity contribution in [2.75, 3.05) is 45.7 Å². The van der Waals surface area contributed by atoms with E-state index >= 15 is 0 Å². The topological polar surface area (TPSA) is 84.0 Å². The maximum Gasteiger partial charge on any atom is 0.255 e. The van der Waals surface area contributed by atoms with Crippen LogP contribution >= 0.6 is 0 Å². The first kappa shape index (κ1) is 18.5. The maximum atomic E-state index is 12.5. The van der Waals surface area contributed by atoms with Gasteiger partial charge in [-0.3, -0.25) is 9.59 Å². The van der Waals surface area contributed by atoms with Crippen LogP contribution in [0.4, 0.5) is 11.5 Å². The molecule has 8 nitrogen and oxygen atoms in total. The lowest BCUT2D eigenvalue weighted by molar-refractivity contribution is -0.119. The molecule has 0 atom stereocenters. The Hall–Kier alpha value is -3.29. The molecule has 1 aromatic heterocycles. The van der Waals surface area contributed by atoms with E-state index in [0.717, 1.165) is 12.1 Å². The van der Waals surface area contributed by atoms with Crippen molar-refractivity contribution in [1.29, 1.82) is 0 Å². The number of rotatable bonds is 6. The van der Waals surface area contributed by atoms with Crippen LogP contribution in [-0.4, -0.2) is 67.5 Å². The van der Waals surface area contributed by atoms with Gasteiger partial charge in [0, 0.05) is 44.1 Å². The number of ether oxygens (including phenoxy) is 2. The predicted octanol–water partition coefficient (Wildman–Crippen LogP) is 1.76. The molecule has 1 N–H and O–H groups in total. The number of methoxy groups -OCH3 is 2. The van der Waals surface area contributed by atoms with Crippen molar-refractivity contribution < 1.29 is 19.1 Å². The average Bonchev–Trinajstić information content (AvgIpc) is 2.73. The normalized spacial score (nSPS) is 13.9. The van der Waals surface area contributed by atoms with Crippen LogP contribution in [0.1, 0.15) is 10.4 Å². The van der Waals surface area contributed by atoms with Gasteiger partial charge in [0.05, 0.1) is 19.8 Å². The van der Waals surface area contributed by atoms with Crippen LogP contribution in [0.5, 0.6) is 11.5 Å². The van der Waals surface area contributed by atoms with Gasteiger partial charge in [-0.25, -0.2) is 4.98 Å². The zero-order valence-electron chi connectivity index (χ0n) is 15.3. The molecule has 0 saturated carbocycles. The minimum atomic E-state index is -0.0780. The van der Waals surface area contributed by atoms with Crippen LogP contribution < -0.4 is 14.8 Å². The Kier molecular flexibility index (Phi) is 5.75. The summed E-state index contributed by atoms with van der Waals surface area (Å²) >= 11 is 0. The highest BCUT2D eigenvalue weighted by Crippen LogP contribution is 2.30. The molecular formula is C19H22N4O4. The summed E-state index contributed by atoms with van der Waals surface area (Å²) < 4.78 is 10.5. The molecule has 1 aromatic carbocycles. The Balaban J connectivity index is 1.65. The Morgan fingerprint density at radius 2 is 1.81 bits per heavy atom. The molecule has 1 aliphatic rings. The minimum absolute atomic E-state index is 0.0780. The van der Waals surface area contributed by atoms with Crippen LogP contribution in [0, 0.1) is 0 Å². The number of carbonyl (C=O) groups is 2. The maximum absolute atomic E-state index is 12.5. The van der Waals surface area contributed by atoms with Gasteiger partial charge in [-0.1, -0.05) is 0 Å². The third-order valence-corrected chi connectivity index (χ3v) is 4.42. The first-order valence-electron chi connectivity index (χ1n) is 8.58. The Morgan fingerprint density at radius 1 is 1.07 bits per heavy atom. The highest BCUT2D eigenvalue weighted by Gasteiger charge is 2.21. The van der Waals surface area contributed by atoms with Crippen molar-refractivity contribution in [2.45, 2.75) is 0 Å². The molecule has 0 spiro atoms. The number of nitrogens with one attached hydrogen (secondary N) is 1. The zero-order valence-corrected chi connectivity index (χ0v) is 15.3. The number of carbonyl (C=O) groups excluding carboxylic acids is 2. The van der Waals surface area contributed by atoms with Crippen molar-refractivity contribution in [3.63, 3.8) is 0 Å². The van der Waals surface area contributed by atoms with Crippen molar-refractivity contribution in [3.8, 4) is 11.5 Å². The summed E-state index contributed by atoms with van der Waals surface area (Å²) in [5.41, 5.74) is 1.32. The van der Waals surface area contributed by atoms with Crippen LogP contribution in [0.25, 0.3) is 0 Å². The summed E-state index contributed by atoms with van der Waals surface area (Å²) in [5.74, 6) is 1.80. The van der Waals surface area contributed by atoms with Gasteiger partial charge in [0.2, 0.25) is 6.41 Å². The molecule has 2 aromatic rings. The third-order valence-electron chi connectivity index (χ3n) is 4.42. The van der Waals surface area contributed by atoms with E-state index in [9.17, 15) is 9.59 Å². The summed E-state index contributed by atoms with van der Waals surface area (Å²) in [4.78, 5) is 31.0. The number of hydrogen-bond donors (Lipinski definition) is 1. The number of aromatic nitrogens is 1. The molecule has 2 heterocycles. The van der Waals surface area contributed by atoms with Gasteiger partial charge in [-0.2, -0.15) is 0 Å². The molecule has 0 aliphatic carbocycles. The van der Waals surface area contributed by atoms with E-state index in [2.05, 4.69) is 10.3 Å². The van der Waals surface area contributed by atoms with Gasteiger partial charge in [0.15, 0.2) is 11.5 Å². The molecule has 1 saturated heterocycles. The van der Waals surface area contributed by atoms with Gasteiger partial charge in [-0.15, -0.1) is 0 Å². The molecular weight excluding hydrogens is 348 g/mol. The molecule has 142 valence electrons. The predicted molar refractivity (Wildman–Crippen MR) is 101 cm³/mol. The second-order valence-corrected chi connectivity index (χ2v) is 6.06. The first-order chi connectivity index (χ1) is 13.1. The number of amides is 2. The molecule has 0 bridgehead atoms. The van der Waals surface area contributed by atoms with Crippen LogP contribution in [0.3, 0.4) is 0 Å². The smallest absolute Gasteiger partial charge is 0.255 e. The van der Waals surface area contributed by atoms with E-state index < -0.39 is 0 Å². The lowest BCUT2D eigenvalue weighted by Crippen LogP contribution is -2.48. The lowest BCUT2D eigenvalue weighted by Gasteiger charge is -2.32. The molecule has 1 aliphatic heterocycles. The van der Waals surface area contributed by atoms with Crippen LogP contribution in [-0.2, 0) is 4.79 Å². The minimum Gasteiger partial charge on any atom is -0.493 e. The van der Waals surface area contributed by atoms with Crippen LogP contribution in [0.2, 0.25) is 0 Å². The Bertz CT molecular complexity index is 802. The Morgan fingerprint density at radius 3 is 2.41 bits per heavy atom. The molecule has 1 fully saturated rings. The first-order valence-corrected chi connectivity index (χ1v) is 8.58. The van der Waals surface area contributed by atoms with Crippen molar-refractivity contribution in [2.24, 2.45) is 0 Å². The summed E-state index contributed by atoms with van der Waals surface area (Å²) in [6, 6.07) is 8.97. The van der Waals surface area contributed by atoms with E-state index in [0.29, 0.717) is 49.1 Å². The number of pyridine rings is 1. The van der Waals surface area contributed by atoms with E-state index in [1.165, 1.54) is 0 Å². The molecule has 27 heavy (non-hydrogen) atoms. The van der Waals surface area contributed by atoms with Crippen molar-refractivity contribution in [3.05, 3.63) is 42.1 Å². The van der Waals surface area contributed by atoms with Gasteiger partial charge in [0.1, 0.15) is 5.82 Å². The van der Waals surface area contributed by atoms with Crippen molar-refractivity contribution in [1.82, 2.24) is 14.8 Å². The highest BCUT2D eigenvalue weighted by atomic mass is 16.5. The second kappa shape index (κ2) is 8.39. The number of nitrogens with zero attached hydrogens (tertiary/aromatic N) is 3. The third kappa shape index (κ3) is 4.28. The quantitative estimate of drug-likeness (QED) is 0.780. The summed E-state index contributed by atoms with van der Waals surface area (Å²) in [5, 5.41) is 3.17. The highest BCUT2D eigenvalue weighted by molar-refractivity contribution is 5.94. The van der Waals surface area contributed by atoms with Gasteiger partial charge in [0.25, 0.3) is 5.91 Å². The van der Waals surface area contributed by atoms with Gasteiger partial charge >= 0.3 is 0 Å². The fourth-order valence-corrected chi connectivity index (χ4v) is 2.87. The van der Waals surface area contributed by atoms with E-state index in [4.69, 9.17) is 9.47 Å². The second-order valence-electron chi connectivity index (χ2n) is 6.06. The largest absolute Gasteiger partial charge is 0.493 e. The van der Waals surface area contributed by atoms with Crippen LogP contribution in [0.15, 0.2) is 36.5 Å². The van der Waals surface area contributed by atoms with E-state index in [1.807, 2.05) is 12.1 Å². The fraction of sp³-hybridized carbons (Fsp3) is 0.316. The summed E-state index contributed by atoms with van der Waals surface area (Å²) in [6.45, 7) is 2.18. The molecule has 8 heteroatoms. The average molecular weight is 370 g/mol. The lowest BCUT2D eigenvalue weighted by atomic mass is 10.2. The van der Waals surface area contributed by atoms with E-state index in [1.54, 1.807) is 48.4 Å². The van der Waals surface area contributed by atoms with E-state index in [-0.39, 0.29) is 5.91 Å². The molecule has 0 unspecified atom stereocenters.